The Kier molecular flexibility index (Phi) is 4.37. The number of likely N-dealkylation sites (tertiary alicyclic amines) is 1. The third-order valence-corrected chi connectivity index (χ3v) is 3.53. The molecule has 1 fully saturated rings. The van der Waals surface area contributed by atoms with Gasteiger partial charge in [0.15, 0.2) is 0 Å². The van der Waals surface area contributed by atoms with E-state index in [4.69, 9.17) is 5.11 Å². The summed E-state index contributed by atoms with van der Waals surface area (Å²) >= 11 is 0. The second-order valence-corrected chi connectivity index (χ2v) is 4.93. The topological polar surface area (TPSA) is 60.8 Å². The maximum atomic E-state index is 13.2. The van der Waals surface area contributed by atoms with Crippen molar-refractivity contribution in [3.05, 3.63) is 29.6 Å². The number of phenols is 1. The van der Waals surface area contributed by atoms with E-state index in [0.717, 1.165) is 25.0 Å². The van der Waals surface area contributed by atoms with Crippen molar-refractivity contribution in [1.82, 2.24) is 4.90 Å². The van der Waals surface area contributed by atoms with Gasteiger partial charge in [-0.05, 0) is 43.4 Å². The maximum absolute atomic E-state index is 13.2. The van der Waals surface area contributed by atoms with E-state index in [0.29, 0.717) is 19.5 Å². The van der Waals surface area contributed by atoms with Gasteiger partial charge in [-0.2, -0.15) is 0 Å². The molecule has 19 heavy (non-hydrogen) atoms. The Morgan fingerprint density at radius 2 is 2.26 bits per heavy atom. The van der Waals surface area contributed by atoms with Crippen LogP contribution in [0, 0.1) is 11.7 Å². The van der Waals surface area contributed by atoms with Gasteiger partial charge in [-0.25, -0.2) is 4.39 Å². The Hall–Kier alpha value is -1.62. The van der Waals surface area contributed by atoms with Gasteiger partial charge in [0.25, 0.3) is 5.91 Å². The molecule has 5 heteroatoms. The average molecular weight is 267 g/mol. The highest BCUT2D eigenvalue weighted by Crippen LogP contribution is 2.24. The third-order valence-electron chi connectivity index (χ3n) is 3.53. The fraction of sp³-hybridized carbons (Fsp3) is 0.500. The van der Waals surface area contributed by atoms with Gasteiger partial charge < -0.3 is 15.1 Å². The summed E-state index contributed by atoms with van der Waals surface area (Å²) in [6.07, 6.45) is 2.52. The van der Waals surface area contributed by atoms with E-state index < -0.39 is 5.82 Å². The zero-order valence-corrected chi connectivity index (χ0v) is 10.7. The summed E-state index contributed by atoms with van der Waals surface area (Å²) in [5, 5.41) is 18.6. The Labute approximate surface area is 111 Å². The van der Waals surface area contributed by atoms with Gasteiger partial charge in [0.1, 0.15) is 11.6 Å². The van der Waals surface area contributed by atoms with Crippen molar-refractivity contribution in [2.45, 2.75) is 19.3 Å². The third kappa shape index (κ3) is 3.23. The number of aliphatic hydroxyl groups is 1. The summed E-state index contributed by atoms with van der Waals surface area (Å²) in [7, 11) is 0. The molecule has 1 heterocycles. The molecule has 1 aliphatic rings. The number of hydrogen-bond acceptors (Lipinski definition) is 3. The molecule has 104 valence electrons. The number of benzene rings is 1. The molecule has 2 rings (SSSR count). The van der Waals surface area contributed by atoms with Gasteiger partial charge in [-0.15, -0.1) is 0 Å². The number of aliphatic hydroxyl groups excluding tert-OH is 1. The van der Waals surface area contributed by atoms with Crippen LogP contribution in [-0.4, -0.2) is 40.7 Å². The molecule has 1 aromatic rings. The van der Waals surface area contributed by atoms with Crippen LogP contribution < -0.4 is 0 Å². The van der Waals surface area contributed by atoms with Gasteiger partial charge in [0.2, 0.25) is 0 Å². The minimum Gasteiger partial charge on any atom is -0.507 e. The molecule has 0 saturated carbocycles. The molecule has 1 amide bonds. The van der Waals surface area contributed by atoms with Crippen molar-refractivity contribution in [2.24, 2.45) is 5.92 Å². The monoisotopic (exact) mass is 267 g/mol. The van der Waals surface area contributed by atoms with Gasteiger partial charge in [0.05, 0.1) is 5.56 Å². The van der Waals surface area contributed by atoms with Crippen LogP contribution in [0.3, 0.4) is 0 Å². The molecule has 1 saturated heterocycles. The number of nitrogens with zero attached hydrogens (tertiary/aromatic N) is 1. The molecule has 4 nitrogen and oxygen atoms in total. The molecule has 0 aromatic heterocycles. The number of aromatic hydroxyl groups is 1. The van der Waals surface area contributed by atoms with Crippen LogP contribution in [0.5, 0.6) is 5.75 Å². The van der Waals surface area contributed by atoms with Crippen LogP contribution in [0.4, 0.5) is 4.39 Å². The van der Waals surface area contributed by atoms with E-state index in [9.17, 15) is 14.3 Å². The van der Waals surface area contributed by atoms with E-state index in [1.165, 1.54) is 6.07 Å². The lowest BCUT2D eigenvalue weighted by Gasteiger charge is -2.32. The molecular weight excluding hydrogens is 249 g/mol. The highest BCUT2D eigenvalue weighted by Gasteiger charge is 2.25. The van der Waals surface area contributed by atoms with Crippen LogP contribution in [0.25, 0.3) is 0 Å². The predicted octanol–water partition coefficient (Wildman–Crippen LogP) is 1.77. The van der Waals surface area contributed by atoms with Crippen LogP contribution >= 0.6 is 0 Å². The summed E-state index contributed by atoms with van der Waals surface area (Å²) in [4.78, 5) is 13.9. The quantitative estimate of drug-likeness (QED) is 0.877. The van der Waals surface area contributed by atoms with E-state index >= 15 is 0 Å². The van der Waals surface area contributed by atoms with E-state index in [-0.39, 0.29) is 29.7 Å². The number of halogens is 1. The number of amides is 1. The molecule has 1 atom stereocenters. The van der Waals surface area contributed by atoms with Crippen LogP contribution in [-0.2, 0) is 0 Å². The first kappa shape index (κ1) is 13.8. The first-order valence-corrected chi connectivity index (χ1v) is 6.50. The largest absolute Gasteiger partial charge is 0.507 e. The standard InChI is InChI=1S/C14H18FNO3/c15-11-3-4-13(18)12(8-11)14(19)16-6-1-2-10(9-16)5-7-17/h3-4,8,10,17-18H,1-2,5-7,9H2. The number of phenolic OH excluding ortho intramolecular Hbond substituents is 1. The van der Waals surface area contributed by atoms with Gasteiger partial charge in [-0.1, -0.05) is 0 Å². The Morgan fingerprint density at radius 1 is 1.47 bits per heavy atom. The lowest BCUT2D eigenvalue weighted by molar-refractivity contribution is 0.0650. The second-order valence-electron chi connectivity index (χ2n) is 4.93. The lowest BCUT2D eigenvalue weighted by Crippen LogP contribution is -2.40. The molecule has 1 unspecified atom stereocenters. The fourth-order valence-electron chi connectivity index (χ4n) is 2.52. The average Bonchev–Trinajstić information content (AvgIpc) is 2.41. The Balaban J connectivity index is 2.12. The highest BCUT2D eigenvalue weighted by atomic mass is 19.1. The minimum atomic E-state index is -0.537. The first-order chi connectivity index (χ1) is 9.11. The van der Waals surface area contributed by atoms with Crippen molar-refractivity contribution < 1.29 is 19.4 Å². The molecule has 0 spiro atoms. The molecule has 0 radical (unpaired) electrons. The van der Waals surface area contributed by atoms with Crippen LogP contribution in [0.1, 0.15) is 29.6 Å². The predicted molar refractivity (Wildman–Crippen MR) is 68.4 cm³/mol. The van der Waals surface area contributed by atoms with Gasteiger partial charge in [-0.3, -0.25) is 4.79 Å². The minimum absolute atomic E-state index is 0.00430. The van der Waals surface area contributed by atoms with Gasteiger partial charge >= 0.3 is 0 Å². The summed E-state index contributed by atoms with van der Waals surface area (Å²) < 4.78 is 13.2. The zero-order chi connectivity index (χ0) is 13.8. The van der Waals surface area contributed by atoms with Crippen molar-refractivity contribution in [3.8, 4) is 5.75 Å². The zero-order valence-electron chi connectivity index (χ0n) is 10.7. The summed E-state index contributed by atoms with van der Waals surface area (Å²) in [6, 6.07) is 3.38. The lowest BCUT2D eigenvalue weighted by atomic mass is 9.94. The second kappa shape index (κ2) is 6.02. The summed E-state index contributed by atoms with van der Waals surface area (Å²) in [5.41, 5.74) is 0.00430. The van der Waals surface area contributed by atoms with E-state index in [1.54, 1.807) is 4.90 Å². The molecular formula is C14H18FNO3. The van der Waals surface area contributed by atoms with E-state index in [2.05, 4.69) is 0 Å². The van der Waals surface area contributed by atoms with Crippen molar-refractivity contribution in [3.63, 3.8) is 0 Å². The van der Waals surface area contributed by atoms with Crippen molar-refractivity contribution >= 4 is 5.91 Å². The smallest absolute Gasteiger partial charge is 0.257 e. The number of piperidine rings is 1. The fourth-order valence-corrected chi connectivity index (χ4v) is 2.52. The SMILES string of the molecule is O=C(c1cc(F)ccc1O)N1CCCC(CCO)C1. The van der Waals surface area contributed by atoms with E-state index in [1.807, 2.05) is 0 Å². The van der Waals surface area contributed by atoms with Crippen LogP contribution in [0.2, 0.25) is 0 Å². The number of rotatable bonds is 3. The summed E-state index contributed by atoms with van der Waals surface area (Å²) in [6.45, 7) is 1.27. The Morgan fingerprint density at radius 3 is 3.00 bits per heavy atom. The van der Waals surface area contributed by atoms with Crippen LogP contribution in [0.15, 0.2) is 18.2 Å². The number of carbonyl (C=O) groups excluding carboxylic acids is 1. The number of carbonyl (C=O) groups is 1. The normalized spacial score (nSPS) is 19.5. The molecule has 1 aromatic carbocycles. The maximum Gasteiger partial charge on any atom is 0.257 e. The first-order valence-electron chi connectivity index (χ1n) is 6.50. The molecule has 1 aliphatic heterocycles. The molecule has 2 N–H and O–H groups in total. The summed E-state index contributed by atoms with van der Waals surface area (Å²) in [5.74, 6) is -0.807. The molecule has 0 bridgehead atoms. The van der Waals surface area contributed by atoms with Crippen molar-refractivity contribution in [2.75, 3.05) is 19.7 Å². The van der Waals surface area contributed by atoms with Crippen molar-refractivity contribution in [1.29, 1.82) is 0 Å². The highest BCUT2D eigenvalue weighted by molar-refractivity contribution is 5.96. The number of hydrogen-bond donors (Lipinski definition) is 2. The Bertz CT molecular complexity index is 462. The van der Waals surface area contributed by atoms with Gasteiger partial charge in [0, 0.05) is 19.7 Å². The molecule has 0 aliphatic carbocycles.